The minimum atomic E-state index is -0.290. The van der Waals surface area contributed by atoms with Gasteiger partial charge in [0.15, 0.2) is 0 Å². The van der Waals surface area contributed by atoms with Gasteiger partial charge in [0.2, 0.25) is 11.5 Å². The molecule has 1 aromatic heterocycles. The number of amides is 1. The summed E-state index contributed by atoms with van der Waals surface area (Å²) in [5, 5.41) is 2.67. The maximum absolute atomic E-state index is 12.7. The minimum absolute atomic E-state index is 0.156. The summed E-state index contributed by atoms with van der Waals surface area (Å²) in [5.41, 5.74) is 1.23. The summed E-state index contributed by atoms with van der Waals surface area (Å²) in [7, 11) is 0. The lowest BCUT2D eigenvalue weighted by Gasteiger charge is -2.04. The second-order valence-electron chi connectivity index (χ2n) is 4.12. The summed E-state index contributed by atoms with van der Waals surface area (Å²) in [6, 6.07) is 8.93. The number of anilines is 1. The van der Waals surface area contributed by atoms with Crippen molar-refractivity contribution < 1.29 is 9.18 Å². The summed E-state index contributed by atoms with van der Waals surface area (Å²) in [5.74, 6) is -0.446. The molecule has 0 saturated carbocycles. The fraction of sp³-hybridized carbons (Fsp3) is 0.143. The molecule has 19 heavy (non-hydrogen) atoms. The van der Waals surface area contributed by atoms with E-state index in [0.29, 0.717) is 18.5 Å². The van der Waals surface area contributed by atoms with Crippen molar-refractivity contribution in [1.82, 2.24) is 4.98 Å². The Hall–Kier alpha value is -2.43. The molecule has 2 N–H and O–H groups in total. The standard InChI is InChI=1S/C14H13FN2O2/c15-11-4-1-10(2-5-11)3-7-14(19)17-12-6-8-13(18)16-9-12/h1-2,4-6,8-9H,3,7H2,(H,16,18)(H,17,19). The summed E-state index contributed by atoms with van der Waals surface area (Å²) in [6.45, 7) is 0. The second kappa shape index (κ2) is 5.95. The van der Waals surface area contributed by atoms with E-state index in [0.717, 1.165) is 5.56 Å². The summed E-state index contributed by atoms with van der Waals surface area (Å²) in [4.78, 5) is 25.0. The first-order chi connectivity index (χ1) is 9.13. The van der Waals surface area contributed by atoms with Gasteiger partial charge >= 0.3 is 0 Å². The number of carbonyl (C=O) groups excluding carboxylic acids is 1. The molecule has 0 atom stereocenters. The van der Waals surface area contributed by atoms with Crippen LogP contribution in [0.15, 0.2) is 47.4 Å². The number of nitrogens with one attached hydrogen (secondary N) is 2. The number of halogens is 1. The van der Waals surface area contributed by atoms with Crippen molar-refractivity contribution in [2.75, 3.05) is 5.32 Å². The first-order valence-electron chi connectivity index (χ1n) is 5.86. The lowest BCUT2D eigenvalue weighted by atomic mass is 10.1. The predicted octanol–water partition coefficient (Wildman–Crippen LogP) is 2.09. The predicted molar refractivity (Wildman–Crippen MR) is 70.4 cm³/mol. The molecule has 0 radical (unpaired) electrons. The van der Waals surface area contributed by atoms with E-state index in [2.05, 4.69) is 10.3 Å². The van der Waals surface area contributed by atoms with Crippen LogP contribution >= 0.6 is 0 Å². The molecule has 0 spiro atoms. The Morgan fingerprint density at radius 2 is 1.89 bits per heavy atom. The van der Waals surface area contributed by atoms with Crippen LogP contribution in [0.25, 0.3) is 0 Å². The number of hydrogen-bond acceptors (Lipinski definition) is 2. The van der Waals surface area contributed by atoms with E-state index in [1.165, 1.54) is 30.5 Å². The molecule has 0 aliphatic carbocycles. The molecule has 0 aliphatic heterocycles. The number of carbonyl (C=O) groups is 1. The first-order valence-corrected chi connectivity index (χ1v) is 5.86. The van der Waals surface area contributed by atoms with Gasteiger partial charge in [0, 0.05) is 18.7 Å². The fourth-order valence-electron chi connectivity index (χ4n) is 1.62. The van der Waals surface area contributed by atoms with Crippen molar-refractivity contribution in [3.8, 4) is 0 Å². The number of aryl methyl sites for hydroxylation is 1. The monoisotopic (exact) mass is 260 g/mol. The normalized spacial score (nSPS) is 10.2. The summed E-state index contributed by atoms with van der Waals surface area (Å²) >= 11 is 0. The van der Waals surface area contributed by atoms with Gasteiger partial charge in [-0.2, -0.15) is 0 Å². The Kier molecular flexibility index (Phi) is 4.07. The highest BCUT2D eigenvalue weighted by atomic mass is 19.1. The smallest absolute Gasteiger partial charge is 0.248 e. The van der Waals surface area contributed by atoms with Gasteiger partial charge in [-0.3, -0.25) is 9.59 Å². The molecular weight excluding hydrogens is 247 g/mol. The van der Waals surface area contributed by atoms with Crippen LogP contribution in [0.3, 0.4) is 0 Å². The number of H-pyrrole nitrogens is 1. The van der Waals surface area contributed by atoms with Crippen molar-refractivity contribution in [2.24, 2.45) is 0 Å². The van der Waals surface area contributed by atoms with Crippen LogP contribution < -0.4 is 10.9 Å². The van der Waals surface area contributed by atoms with Crippen molar-refractivity contribution in [1.29, 1.82) is 0 Å². The third kappa shape index (κ3) is 4.06. The maximum Gasteiger partial charge on any atom is 0.248 e. The molecule has 2 aromatic rings. The van der Waals surface area contributed by atoms with Crippen LogP contribution in [0.1, 0.15) is 12.0 Å². The molecule has 0 saturated heterocycles. The van der Waals surface area contributed by atoms with Gasteiger partial charge in [-0.25, -0.2) is 4.39 Å². The Morgan fingerprint density at radius 3 is 2.53 bits per heavy atom. The fourth-order valence-corrected chi connectivity index (χ4v) is 1.62. The average Bonchev–Trinajstić information content (AvgIpc) is 2.41. The van der Waals surface area contributed by atoms with Crippen LogP contribution in [0, 0.1) is 5.82 Å². The molecule has 98 valence electrons. The van der Waals surface area contributed by atoms with E-state index >= 15 is 0 Å². The van der Waals surface area contributed by atoms with Gasteiger partial charge in [0.25, 0.3) is 0 Å². The molecule has 2 rings (SSSR count). The lowest BCUT2D eigenvalue weighted by Crippen LogP contribution is -2.13. The Morgan fingerprint density at radius 1 is 1.16 bits per heavy atom. The third-order valence-electron chi connectivity index (χ3n) is 2.62. The van der Waals surface area contributed by atoms with Crippen molar-refractivity contribution >= 4 is 11.6 Å². The Bertz CT molecular complexity index is 600. The number of hydrogen-bond donors (Lipinski definition) is 2. The Labute approximate surface area is 109 Å². The van der Waals surface area contributed by atoms with E-state index < -0.39 is 0 Å². The maximum atomic E-state index is 12.7. The van der Waals surface area contributed by atoms with Gasteiger partial charge in [0.05, 0.1) is 5.69 Å². The van der Waals surface area contributed by atoms with Crippen LogP contribution in [0.2, 0.25) is 0 Å². The van der Waals surface area contributed by atoms with E-state index in [1.807, 2.05) is 0 Å². The van der Waals surface area contributed by atoms with Gasteiger partial charge < -0.3 is 10.3 Å². The second-order valence-corrected chi connectivity index (χ2v) is 4.12. The zero-order chi connectivity index (χ0) is 13.7. The summed E-state index contributed by atoms with van der Waals surface area (Å²) in [6.07, 6.45) is 2.28. The molecular formula is C14H13FN2O2. The van der Waals surface area contributed by atoms with Crippen LogP contribution in [-0.4, -0.2) is 10.9 Å². The van der Waals surface area contributed by atoms with Crippen LogP contribution in [0.4, 0.5) is 10.1 Å². The topological polar surface area (TPSA) is 62.0 Å². The van der Waals surface area contributed by atoms with Gasteiger partial charge in [0.1, 0.15) is 5.82 Å². The highest BCUT2D eigenvalue weighted by molar-refractivity contribution is 5.90. The average molecular weight is 260 g/mol. The zero-order valence-electron chi connectivity index (χ0n) is 10.2. The van der Waals surface area contributed by atoms with E-state index in [1.54, 1.807) is 12.1 Å². The highest BCUT2D eigenvalue weighted by Crippen LogP contribution is 2.07. The molecule has 0 bridgehead atoms. The number of benzene rings is 1. The van der Waals surface area contributed by atoms with Crippen molar-refractivity contribution in [3.05, 3.63) is 64.3 Å². The highest BCUT2D eigenvalue weighted by Gasteiger charge is 2.03. The quantitative estimate of drug-likeness (QED) is 0.884. The van der Waals surface area contributed by atoms with Crippen molar-refractivity contribution in [2.45, 2.75) is 12.8 Å². The SMILES string of the molecule is O=C(CCc1ccc(F)cc1)Nc1ccc(=O)[nH]c1. The number of aromatic amines is 1. The molecule has 5 heteroatoms. The van der Waals surface area contributed by atoms with Gasteiger partial charge in [-0.1, -0.05) is 12.1 Å². The van der Waals surface area contributed by atoms with E-state index in [4.69, 9.17) is 0 Å². The van der Waals surface area contributed by atoms with E-state index in [9.17, 15) is 14.0 Å². The Balaban J connectivity index is 1.86. The number of aromatic nitrogens is 1. The molecule has 4 nitrogen and oxygen atoms in total. The number of rotatable bonds is 4. The van der Waals surface area contributed by atoms with Crippen LogP contribution in [0.5, 0.6) is 0 Å². The third-order valence-corrected chi connectivity index (χ3v) is 2.62. The van der Waals surface area contributed by atoms with E-state index in [-0.39, 0.29) is 17.3 Å². The number of pyridine rings is 1. The molecule has 0 unspecified atom stereocenters. The molecule has 0 aliphatic rings. The molecule has 1 aromatic carbocycles. The van der Waals surface area contributed by atoms with Gasteiger partial charge in [-0.05, 0) is 30.2 Å². The molecule has 0 fully saturated rings. The molecule has 1 heterocycles. The zero-order valence-corrected chi connectivity index (χ0v) is 10.2. The molecule has 1 amide bonds. The van der Waals surface area contributed by atoms with Crippen LogP contribution in [-0.2, 0) is 11.2 Å². The minimum Gasteiger partial charge on any atom is -0.327 e. The van der Waals surface area contributed by atoms with Gasteiger partial charge in [-0.15, -0.1) is 0 Å². The largest absolute Gasteiger partial charge is 0.327 e. The lowest BCUT2D eigenvalue weighted by molar-refractivity contribution is -0.116. The summed E-state index contributed by atoms with van der Waals surface area (Å²) < 4.78 is 12.7. The van der Waals surface area contributed by atoms with Crippen molar-refractivity contribution in [3.63, 3.8) is 0 Å². The first kappa shape index (κ1) is 13.0.